The lowest BCUT2D eigenvalue weighted by Crippen LogP contribution is -2.31. The van der Waals surface area contributed by atoms with Crippen LogP contribution in [0.2, 0.25) is 0 Å². The molecule has 244 valence electrons. The van der Waals surface area contributed by atoms with E-state index in [2.05, 4.69) is 53.3 Å². The number of unbranched alkanes of at least 4 members (excludes halogenated alkanes) is 14. The normalized spacial score (nSPS) is 24.1. The summed E-state index contributed by atoms with van der Waals surface area (Å²) in [6.45, 7) is 14.9. The van der Waals surface area contributed by atoms with Crippen LogP contribution in [0.3, 0.4) is 0 Å². The molecule has 0 N–H and O–H groups in total. The molecule has 1 heteroatoms. The van der Waals surface area contributed by atoms with E-state index in [9.17, 15) is 0 Å². The van der Waals surface area contributed by atoms with Gasteiger partial charge in [0.1, 0.15) is 0 Å². The van der Waals surface area contributed by atoms with Gasteiger partial charge in [-0.2, -0.15) is 11.8 Å². The first-order valence-electron chi connectivity index (χ1n) is 19.3. The van der Waals surface area contributed by atoms with Gasteiger partial charge < -0.3 is 0 Å². The van der Waals surface area contributed by atoms with Crippen molar-refractivity contribution in [2.24, 2.45) is 34.5 Å². The molecular formula is C40H78S. The molecule has 4 atom stereocenters. The van der Waals surface area contributed by atoms with E-state index in [-0.39, 0.29) is 0 Å². The summed E-state index contributed by atoms with van der Waals surface area (Å²) >= 11 is 2.23. The molecule has 0 nitrogen and oxygen atoms in total. The van der Waals surface area contributed by atoms with Gasteiger partial charge in [0.25, 0.3) is 0 Å². The van der Waals surface area contributed by atoms with Crippen LogP contribution in [0, 0.1) is 34.5 Å². The van der Waals surface area contributed by atoms with Crippen LogP contribution in [0.1, 0.15) is 208 Å². The summed E-state index contributed by atoms with van der Waals surface area (Å²) in [4.78, 5) is 0. The number of rotatable bonds is 22. The Labute approximate surface area is 265 Å². The maximum Gasteiger partial charge on any atom is -0.00675 e. The third-order valence-electron chi connectivity index (χ3n) is 11.3. The molecule has 41 heavy (non-hydrogen) atoms. The molecule has 0 bridgehead atoms. The molecule has 0 radical (unpaired) electrons. The van der Waals surface area contributed by atoms with E-state index in [1.54, 1.807) is 0 Å². The minimum Gasteiger partial charge on any atom is -0.162 e. The topological polar surface area (TPSA) is 0 Å². The molecule has 2 fully saturated rings. The third-order valence-corrected chi connectivity index (χ3v) is 12.4. The van der Waals surface area contributed by atoms with Crippen molar-refractivity contribution in [3.63, 3.8) is 0 Å². The lowest BCUT2D eigenvalue weighted by Gasteiger charge is -2.40. The Morgan fingerprint density at radius 3 is 1.02 bits per heavy atom. The summed E-state index contributed by atoms with van der Waals surface area (Å²) in [6.07, 6.45) is 38.7. The Morgan fingerprint density at radius 2 is 0.683 bits per heavy atom. The van der Waals surface area contributed by atoms with Crippen LogP contribution in [-0.4, -0.2) is 11.5 Å². The standard InChI is InChI=1S/C40H78S/c1-39(2,3)37-31-23-21-29-35(37)27-19-15-11-7-9-13-17-25-33-41-34-26-18-14-10-8-12-16-20-28-36-30-22-24-32-38(36)40(4,5)6/h35-38H,7-34H2,1-6H3. The van der Waals surface area contributed by atoms with Crippen molar-refractivity contribution in [1.82, 2.24) is 0 Å². The van der Waals surface area contributed by atoms with E-state index >= 15 is 0 Å². The van der Waals surface area contributed by atoms with Gasteiger partial charge in [-0.3, -0.25) is 0 Å². The van der Waals surface area contributed by atoms with Crippen LogP contribution >= 0.6 is 11.8 Å². The lowest BCUT2D eigenvalue weighted by atomic mass is 9.65. The van der Waals surface area contributed by atoms with E-state index < -0.39 is 0 Å². The fraction of sp³-hybridized carbons (Fsp3) is 1.00. The highest BCUT2D eigenvalue weighted by Crippen LogP contribution is 2.45. The van der Waals surface area contributed by atoms with Crippen LogP contribution in [0.4, 0.5) is 0 Å². The van der Waals surface area contributed by atoms with Crippen LogP contribution < -0.4 is 0 Å². The van der Waals surface area contributed by atoms with Crippen LogP contribution in [0.25, 0.3) is 0 Å². The molecule has 0 aromatic rings. The molecule has 0 saturated heterocycles. The van der Waals surface area contributed by atoms with E-state index in [0.29, 0.717) is 10.8 Å². The SMILES string of the molecule is CC(C)(C)C1CCCCC1CCCCCCCCCCSCCCCCCCCCCC1CCCCC1C(C)(C)C. The predicted molar refractivity (Wildman–Crippen MR) is 190 cm³/mol. The molecule has 2 aliphatic rings. The van der Waals surface area contributed by atoms with Gasteiger partial charge in [0.05, 0.1) is 0 Å². The predicted octanol–water partition coefficient (Wildman–Crippen LogP) is 14.4. The van der Waals surface area contributed by atoms with Crippen molar-refractivity contribution in [2.75, 3.05) is 11.5 Å². The quantitative estimate of drug-likeness (QED) is 0.113. The molecule has 2 rings (SSSR count). The average Bonchev–Trinajstić information content (AvgIpc) is 2.93. The van der Waals surface area contributed by atoms with E-state index in [1.807, 2.05) is 0 Å². The van der Waals surface area contributed by atoms with Crippen LogP contribution in [0.15, 0.2) is 0 Å². The summed E-state index contributed by atoms with van der Waals surface area (Å²) in [7, 11) is 0. The van der Waals surface area contributed by atoms with Crippen molar-refractivity contribution >= 4 is 11.8 Å². The largest absolute Gasteiger partial charge is 0.162 e. The molecule has 2 saturated carbocycles. The van der Waals surface area contributed by atoms with Gasteiger partial charge in [0, 0.05) is 0 Å². The highest BCUT2D eigenvalue weighted by atomic mass is 32.2. The van der Waals surface area contributed by atoms with Crippen molar-refractivity contribution in [2.45, 2.75) is 208 Å². The average molecular weight is 591 g/mol. The summed E-state index contributed by atoms with van der Waals surface area (Å²) in [5, 5.41) is 0. The molecular weight excluding hydrogens is 513 g/mol. The fourth-order valence-electron chi connectivity index (χ4n) is 8.83. The maximum absolute atomic E-state index is 2.48. The first-order valence-corrected chi connectivity index (χ1v) is 20.4. The second kappa shape index (κ2) is 22.0. The monoisotopic (exact) mass is 591 g/mol. The van der Waals surface area contributed by atoms with Gasteiger partial charge in [-0.1, -0.05) is 183 Å². The van der Waals surface area contributed by atoms with Crippen molar-refractivity contribution in [3.8, 4) is 0 Å². The van der Waals surface area contributed by atoms with Crippen molar-refractivity contribution in [3.05, 3.63) is 0 Å². The molecule has 0 amide bonds. The fourth-order valence-corrected chi connectivity index (χ4v) is 9.85. The zero-order valence-electron chi connectivity index (χ0n) is 29.5. The Bertz CT molecular complexity index is 543. The Morgan fingerprint density at radius 1 is 0.390 bits per heavy atom. The molecule has 2 aliphatic carbocycles. The first-order chi connectivity index (χ1) is 19.7. The van der Waals surface area contributed by atoms with E-state index in [4.69, 9.17) is 0 Å². The summed E-state index contributed by atoms with van der Waals surface area (Å²) in [6, 6.07) is 0. The number of thioether (sulfide) groups is 1. The van der Waals surface area contributed by atoms with E-state index in [0.717, 1.165) is 23.7 Å². The van der Waals surface area contributed by atoms with Crippen LogP contribution in [0.5, 0.6) is 0 Å². The van der Waals surface area contributed by atoms with Crippen molar-refractivity contribution in [1.29, 1.82) is 0 Å². The van der Waals surface area contributed by atoms with Gasteiger partial charge in [0.15, 0.2) is 0 Å². The number of hydrogen-bond acceptors (Lipinski definition) is 1. The van der Waals surface area contributed by atoms with E-state index in [1.165, 1.54) is 178 Å². The third kappa shape index (κ3) is 17.4. The summed E-state index contributed by atoms with van der Waals surface area (Å²) in [5.41, 5.74) is 1.04. The van der Waals surface area contributed by atoms with Gasteiger partial charge in [0.2, 0.25) is 0 Å². The second-order valence-electron chi connectivity index (χ2n) is 16.9. The minimum absolute atomic E-state index is 0.521. The second-order valence-corrected chi connectivity index (χ2v) is 18.1. The highest BCUT2D eigenvalue weighted by molar-refractivity contribution is 7.99. The summed E-state index contributed by atoms with van der Waals surface area (Å²) < 4.78 is 0. The molecule has 0 heterocycles. The first kappa shape index (κ1) is 37.5. The minimum atomic E-state index is 0.521. The Balaban J connectivity index is 1.27. The highest BCUT2D eigenvalue weighted by Gasteiger charge is 2.34. The molecule has 4 unspecified atom stereocenters. The van der Waals surface area contributed by atoms with Gasteiger partial charge in [-0.05, 0) is 71.7 Å². The maximum atomic E-state index is 2.48. The zero-order chi connectivity index (χ0) is 29.8. The Hall–Kier alpha value is 0.350. The molecule has 0 spiro atoms. The lowest BCUT2D eigenvalue weighted by molar-refractivity contribution is 0.0994. The molecule has 0 aliphatic heterocycles. The summed E-state index contributed by atoms with van der Waals surface area (Å²) in [5.74, 6) is 6.82. The van der Waals surface area contributed by atoms with Gasteiger partial charge in [-0.25, -0.2) is 0 Å². The smallest absolute Gasteiger partial charge is 0.00675 e. The zero-order valence-corrected chi connectivity index (χ0v) is 30.3. The molecule has 0 aromatic carbocycles. The van der Waals surface area contributed by atoms with Crippen LogP contribution in [-0.2, 0) is 0 Å². The van der Waals surface area contributed by atoms with Gasteiger partial charge >= 0.3 is 0 Å². The Kier molecular flexibility index (Phi) is 20.1. The number of hydrogen-bond donors (Lipinski definition) is 0. The van der Waals surface area contributed by atoms with Gasteiger partial charge in [-0.15, -0.1) is 0 Å². The van der Waals surface area contributed by atoms with Crippen molar-refractivity contribution < 1.29 is 0 Å². The molecule has 0 aromatic heterocycles.